The van der Waals surface area contributed by atoms with Gasteiger partial charge >= 0.3 is 5.97 Å². The number of benzene rings is 1. The molecular formula is C13H18FNO3. The number of carboxylic acid groups (broad SMARTS) is 1. The van der Waals surface area contributed by atoms with Gasteiger partial charge in [0.05, 0.1) is 24.6 Å². The van der Waals surface area contributed by atoms with E-state index < -0.39 is 17.3 Å². The van der Waals surface area contributed by atoms with Gasteiger partial charge in [-0.3, -0.25) is 4.79 Å². The Kier molecular flexibility index (Phi) is 4.67. The van der Waals surface area contributed by atoms with E-state index >= 15 is 0 Å². The molecule has 0 aliphatic heterocycles. The molecule has 1 aromatic carbocycles. The Morgan fingerprint density at radius 3 is 2.72 bits per heavy atom. The van der Waals surface area contributed by atoms with Gasteiger partial charge in [0.2, 0.25) is 0 Å². The summed E-state index contributed by atoms with van der Waals surface area (Å²) in [6.07, 6.45) is -0.224. The van der Waals surface area contributed by atoms with Crippen LogP contribution in [0.3, 0.4) is 0 Å². The molecule has 1 atom stereocenters. The molecule has 1 aromatic rings. The molecule has 18 heavy (non-hydrogen) atoms. The van der Waals surface area contributed by atoms with E-state index in [9.17, 15) is 9.18 Å². The van der Waals surface area contributed by atoms with Crippen LogP contribution in [0.5, 0.6) is 5.75 Å². The van der Waals surface area contributed by atoms with E-state index in [1.165, 1.54) is 19.2 Å². The maximum atomic E-state index is 14.0. The molecule has 4 nitrogen and oxygen atoms in total. The smallest absolute Gasteiger partial charge is 0.305 e. The number of hydrogen-bond donors (Lipinski definition) is 2. The van der Waals surface area contributed by atoms with Crippen molar-refractivity contribution in [2.24, 2.45) is 0 Å². The first kappa shape index (κ1) is 14.4. The van der Waals surface area contributed by atoms with Gasteiger partial charge in [0, 0.05) is 0 Å². The summed E-state index contributed by atoms with van der Waals surface area (Å²) in [6, 6.07) is 4.45. The van der Waals surface area contributed by atoms with Crippen LogP contribution in [0.2, 0.25) is 0 Å². The average Bonchev–Trinajstić information content (AvgIpc) is 2.27. The van der Waals surface area contributed by atoms with Crippen molar-refractivity contribution in [2.45, 2.75) is 25.8 Å². The Morgan fingerprint density at radius 2 is 2.22 bits per heavy atom. The highest BCUT2D eigenvalue weighted by atomic mass is 19.1. The third-order valence-electron chi connectivity index (χ3n) is 2.82. The predicted molar refractivity (Wildman–Crippen MR) is 66.2 cm³/mol. The number of nitrogens with one attached hydrogen (secondary N) is 1. The van der Waals surface area contributed by atoms with Crippen LogP contribution in [0.4, 0.5) is 4.39 Å². The lowest BCUT2D eigenvalue weighted by molar-refractivity contribution is -0.138. The van der Waals surface area contributed by atoms with Gasteiger partial charge in [-0.25, -0.2) is 4.39 Å². The number of methoxy groups -OCH3 is 1. The molecule has 0 bridgehead atoms. The zero-order chi connectivity index (χ0) is 13.8. The molecule has 0 aliphatic carbocycles. The monoisotopic (exact) mass is 255 g/mol. The summed E-state index contributed by atoms with van der Waals surface area (Å²) in [7, 11) is 1.44. The lowest BCUT2D eigenvalue weighted by atomic mass is 9.87. The molecule has 0 aliphatic rings. The van der Waals surface area contributed by atoms with Gasteiger partial charge in [0.1, 0.15) is 11.6 Å². The third-order valence-corrected chi connectivity index (χ3v) is 2.82. The minimum atomic E-state index is -1.00. The highest BCUT2D eigenvalue weighted by Gasteiger charge is 2.34. The highest BCUT2D eigenvalue weighted by molar-refractivity contribution is 5.69. The normalized spacial score (nSPS) is 14.0. The summed E-state index contributed by atoms with van der Waals surface area (Å²) < 4.78 is 19.1. The summed E-state index contributed by atoms with van der Waals surface area (Å²) in [5.74, 6) is -1.12. The molecule has 100 valence electrons. The first-order valence-electron chi connectivity index (χ1n) is 5.74. The Balaban J connectivity index is 3.32. The molecule has 0 saturated carbocycles. The van der Waals surface area contributed by atoms with Gasteiger partial charge in [-0.1, -0.05) is 13.0 Å². The summed E-state index contributed by atoms with van der Waals surface area (Å²) in [5.41, 5.74) is -0.756. The van der Waals surface area contributed by atoms with Crippen LogP contribution < -0.4 is 10.1 Å². The minimum Gasteiger partial charge on any atom is -0.496 e. The SMILES string of the molecule is CCNC(C)(CC(=O)O)c1c(F)cccc1OC. The third kappa shape index (κ3) is 2.98. The fourth-order valence-electron chi connectivity index (χ4n) is 2.14. The van der Waals surface area contributed by atoms with Gasteiger partial charge in [0.25, 0.3) is 0 Å². The van der Waals surface area contributed by atoms with E-state index in [2.05, 4.69) is 5.32 Å². The number of hydrogen-bond acceptors (Lipinski definition) is 3. The zero-order valence-corrected chi connectivity index (χ0v) is 10.8. The zero-order valence-electron chi connectivity index (χ0n) is 10.8. The van der Waals surface area contributed by atoms with E-state index in [0.717, 1.165) is 0 Å². The summed E-state index contributed by atoms with van der Waals surface area (Å²) in [6.45, 7) is 4.03. The Hall–Kier alpha value is -1.62. The largest absolute Gasteiger partial charge is 0.496 e. The van der Waals surface area contributed by atoms with Crippen molar-refractivity contribution < 1.29 is 19.0 Å². The van der Waals surface area contributed by atoms with Crippen molar-refractivity contribution in [1.29, 1.82) is 0 Å². The molecule has 5 heteroatoms. The number of carbonyl (C=O) groups is 1. The number of halogens is 1. The fourth-order valence-corrected chi connectivity index (χ4v) is 2.14. The van der Waals surface area contributed by atoms with Gasteiger partial charge in [-0.2, -0.15) is 0 Å². The number of carboxylic acids is 1. The van der Waals surface area contributed by atoms with Gasteiger partial charge in [-0.05, 0) is 25.6 Å². The quantitative estimate of drug-likeness (QED) is 0.817. The Labute approximate surface area is 106 Å². The standard InChI is InChI=1S/C13H18FNO3/c1-4-15-13(2,8-11(16)17)12-9(14)6-5-7-10(12)18-3/h5-7,15H,4,8H2,1-3H3,(H,16,17). The van der Waals surface area contributed by atoms with Gasteiger partial charge < -0.3 is 15.2 Å². The molecule has 2 N–H and O–H groups in total. The van der Waals surface area contributed by atoms with Crippen molar-refractivity contribution in [3.8, 4) is 5.75 Å². The molecule has 0 heterocycles. The van der Waals surface area contributed by atoms with Crippen LogP contribution in [-0.4, -0.2) is 24.7 Å². The number of ether oxygens (including phenoxy) is 1. The molecule has 0 amide bonds. The van der Waals surface area contributed by atoms with E-state index in [0.29, 0.717) is 12.3 Å². The minimum absolute atomic E-state index is 0.224. The van der Waals surface area contributed by atoms with Crippen LogP contribution in [0.15, 0.2) is 18.2 Å². The predicted octanol–water partition coefficient (Wildman–Crippen LogP) is 2.13. The molecule has 0 fully saturated rings. The maximum Gasteiger partial charge on any atom is 0.305 e. The topological polar surface area (TPSA) is 58.6 Å². The Morgan fingerprint density at radius 1 is 1.56 bits per heavy atom. The van der Waals surface area contributed by atoms with Crippen molar-refractivity contribution in [1.82, 2.24) is 5.32 Å². The lowest BCUT2D eigenvalue weighted by Crippen LogP contribution is -2.42. The highest BCUT2D eigenvalue weighted by Crippen LogP contribution is 2.34. The summed E-state index contributed by atoms with van der Waals surface area (Å²) in [4.78, 5) is 11.0. The van der Waals surface area contributed by atoms with Gasteiger partial charge in [0.15, 0.2) is 0 Å². The summed E-state index contributed by atoms with van der Waals surface area (Å²) >= 11 is 0. The van der Waals surface area contributed by atoms with E-state index in [-0.39, 0.29) is 12.0 Å². The van der Waals surface area contributed by atoms with E-state index in [1.807, 2.05) is 6.92 Å². The lowest BCUT2D eigenvalue weighted by Gasteiger charge is -2.31. The van der Waals surface area contributed by atoms with Crippen molar-refractivity contribution in [3.05, 3.63) is 29.6 Å². The Bertz CT molecular complexity index is 436. The van der Waals surface area contributed by atoms with Crippen molar-refractivity contribution in [2.75, 3.05) is 13.7 Å². The molecule has 1 unspecified atom stereocenters. The maximum absolute atomic E-state index is 14.0. The fraction of sp³-hybridized carbons (Fsp3) is 0.462. The molecule has 0 radical (unpaired) electrons. The number of aliphatic carboxylic acids is 1. The van der Waals surface area contributed by atoms with E-state index in [4.69, 9.17) is 9.84 Å². The van der Waals surface area contributed by atoms with E-state index in [1.54, 1.807) is 13.0 Å². The van der Waals surface area contributed by atoms with Crippen molar-refractivity contribution in [3.63, 3.8) is 0 Å². The van der Waals surface area contributed by atoms with Crippen LogP contribution in [0, 0.1) is 5.82 Å². The van der Waals surface area contributed by atoms with Crippen LogP contribution in [0.1, 0.15) is 25.8 Å². The van der Waals surface area contributed by atoms with Crippen LogP contribution in [-0.2, 0) is 10.3 Å². The second kappa shape index (κ2) is 5.82. The second-order valence-electron chi connectivity index (χ2n) is 4.25. The van der Waals surface area contributed by atoms with Gasteiger partial charge in [-0.15, -0.1) is 0 Å². The summed E-state index contributed by atoms with van der Waals surface area (Å²) in [5, 5.41) is 12.0. The molecule has 1 rings (SSSR count). The first-order valence-corrected chi connectivity index (χ1v) is 5.74. The molecule has 0 aromatic heterocycles. The van der Waals surface area contributed by atoms with Crippen molar-refractivity contribution >= 4 is 5.97 Å². The molecule has 0 spiro atoms. The molecular weight excluding hydrogens is 237 g/mol. The second-order valence-corrected chi connectivity index (χ2v) is 4.25. The average molecular weight is 255 g/mol. The van der Waals surface area contributed by atoms with Crippen LogP contribution >= 0.6 is 0 Å². The first-order chi connectivity index (χ1) is 8.44. The molecule has 0 saturated heterocycles. The van der Waals surface area contributed by atoms with Crippen LogP contribution in [0.25, 0.3) is 0 Å². The number of rotatable bonds is 6.